The van der Waals surface area contributed by atoms with Crippen molar-refractivity contribution in [2.45, 2.75) is 32.5 Å². The molecule has 5 amide bonds. The fourth-order valence-electron chi connectivity index (χ4n) is 4.09. The van der Waals surface area contributed by atoms with Gasteiger partial charge in [0.2, 0.25) is 5.91 Å². The molecule has 1 fully saturated rings. The van der Waals surface area contributed by atoms with E-state index in [4.69, 9.17) is 0 Å². The third-order valence-corrected chi connectivity index (χ3v) is 6.93. The summed E-state index contributed by atoms with van der Waals surface area (Å²) in [7, 11) is 0. The van der Waals surface area contributed by atoms with Gasteiger partial charge in [-0.2, -0.15) is 4.99 Å². The van der Waals surface area contributed by atoms with Crippen LogP contribution in [-0.2, 0) is 11.2 Å². The van der Waals surface area contributed by atoms with E-state index >= 15 is 0 Å². The van der Waals surface area contributed by atoms with Crippen molar-refractivity contribution in [2.75, 3.05) is 27.8 Å². The number of urea groups is 2. The molecule has 0 aromatic heterocycles. The number of aliphatic imine (C=N–C) groups is 1. The van der Waals surface area contributed by atoms with Crippen molar-refractivity contribution < 1.29 is 32.3 Å². The van der Waals surface area contributed by atoms with Crippen molar-refractivity contribution in [2.24, 2.45) is 4.99 Å². The Labute approximate surface area is 244 Å². The molecule has 0 atom stereocenters. The lowest BCUT2D eigenvalue weighted by molar-refractivity contribution is -0.274. The van der Waals surface area contributed by atoms with Crippen LogP contribution in [0.2, 0.25) is 0 Å². The highest BCUT2D eigenvalue weighted by Crippen LogP contribution is 2.33. The first kappa shape index (κ1) is 30.4. The van der Waals surface area contributed by atoms with Gasteiger partial charge in [-0.1, -0.05) is 55.9 Å². The number of para-hydroxylation sites is 1. The highest BCUT2D eigenvalue weighted by Gasteiger charge is 2.32. The molecule has 0 radical (unpaired) electrons. The van der Waals surface area contributed by atoms with Crippen LogP contribution >= 0.6 is 11.8 Å². The fraction of sp³-hybridized carbons (Fsp3) is 0.241. The standard InChI is InChI=1S/C29H28F3N5O4S/c1-18(2)23-5-3-4-6-24(23)37-25(38)17-42-28(37)36-26(39)33-16-15-19-7-9-20(10-8-19)34-27(40)35-21-11-13-22(14-12-21)41-29(30,31)32/h3-14,18H,15-17H2,1-2H3,(H,33,39)(H2,34,35,40)/b36-28-. The van der Waals surface area contributed by atoms with Crippen LogP contribution in [0.3, 0.4) is 0 Å². The van der Waals surface area contributed by atoms with Crippen molar-refractivity contribution >= 4 is 52.0 Å². The summed E-state index contributed by atoms with van der Waals surface area (Å²) in [6.45, 7) is 4.38. The summed E-state index contributed by atoms with van der Waals surface area (Å²) in [5.74, 6) is -0.127. The lowest BCUT2D eigenvalue weighted by atomic mass is 10.0. The predicted octanol–water partition coefficient (Wildman–Crippen LogP) is 6.74. The number of thioether (sulfide) groups is 1. The molecule has 0 spiro atoms. The van der Waals surface area contributed by atoms with Gasteiger partial charge in [-0.05, 0) is 65.9 Å². The molecule has 3 N–H and O–H groups in total. The molecule has 13 heteroatoms. The van der Waals surface area contributed by atoms with Crippen LogP contribution in [0.1, 0.15) is 30.9 Å². The number of ether oxygens (including phenoxy) is 1. The van der Waals surface area contributed by atoms with Gasteiger partial charge in [-0.3, -0.25) is 9.69 Å². The topological polar surface area (TPSA) is 112 Å². The molecule has 1 saturated heterocycles. The molecule has 4 rings (SSSR count). The van der Waals surface area contributed by atoms with Crippen molar-refractivity contribution in [3.8, 4) is 5.75 Å². The van der Waals surface area contributed by atoms with E-state index in [0.29, 0.717) is 23.8 Å². The smallest absolute Gasteiger partial charge is 0.406 e. The van der Waals surface area contributed by atoms with E-state index in [-0.39, 0.29) is 23.3 Å². The van der Waals surface area contributed by atoms with Crippen LogP contribution < -0.4 is 25.6 Å². The third-order valence-electron chi connectivity index (χ3n) is 6.01. The summed E-state index contributed by atoms with van der Waals surface area (Å²) in [4.78, 5) is 43.0. The number of hydrogen-bond donors (Lipinski definition) is 3. The normalized spacial score (nSPS) is 14.3. The fourth-order valence-corrected chi connectivity index (χ4v) is 4.95. The van der Waals surface area contributed by atoms with Gasteiger partial charge in [0.05, 0.1) is 11.4 Å². The number of halogens is 3. The Morgan fingerprint density at radius 3 is 2.21 bits per heavy atom. The average Bonchev–Trinajstić information content (AvgIpc) is 3.29. The lowest BCUT2D eigenvalue weighted by Gasteiger charge is -2.21. The molecule has 1 aliphatic rings. The Morgan fingerprint density at radius 1 is 0.976 bits per heavy atom. The maximum absolute atomic E-state index is 12.6. The van der Waals surface area contributed by atoms with E-state index < -0.39 is 24.2 Å². The minimum absolute atomic E-state index is 0.129. The van der Waals surface area contributed by atoms with Crippen molar-refractivity contribution in [3.05, 3.63) is 83.9 Å². The monoisotopic (exact) mass is 599 g/mol. The number of anilines is 3. The molecular formula is C29H28F3N5O4S. The second kappa shape index (κ2) is 13.4. The minimum atomic E-state index is -4.79. The number of carbonyl (C=O) groups excluding carboxylic acids is 3. The summed E-state index contributed by atoms with van der Waals surface area (Å²) in [6, 6.07) is 18.1. The van der Waals surface area contributed by atoms with Gasteiger partial charge in [-0.25, -0.2) is 9.59 Å². The van der Waals surface area contributed by atoms with Crippen LogP contribution in [0.5, 0.6) is 5.75 Å². The molecule has 0 bridgehead atoms. The number of rotatable bonds is 8. The Morgan fingerprint density at radius 2 is 1.60 bits per heavy atom. The highest BCUT2D eigenvalue weighted by molar-refractivity contribution is 8.15. The van der Waals surface area contributed by atoms with Crippen LogP contribution in [0, 0.1) is 0 Å². The molecule has 0 saturated carbocycles. The van der Waals surface area contributed by atoms with Gasteiger partial charge in [0, 0.05) is 17.9 Å². The number of hydrogen-bond acceptors (Lipinski definition) is 5. The zero-order chi connectivity index (χ0) is 30.3. The number of nitrogens with zero attached hydrogens (tertiary/aromatic N) is 2. The van der Waals surface area contributed by atoms with Crippen molar-refractivity contribution in [3.63, 3.8) is 0 Å². The van der Waals surface area contributed by atoms with Crippen LogP contribution in [0.4, 0.5) is 39.8 Å². The summed E-state index contributed by atoms with van der Waals surface area (Å²) < 4.78 is 40.6. The summed E-state index contributed by atoms with van der Waals surface area (Å²) in [5, 5.41) is 8.24. The lowest BCUT2D eigenvalue weighted by Crippen LogP contribution is -2.32. The van der Waals surface area contributed by atoms with Gasteiger partial charge in [0.15, 0.2) is 5.17 Å². The Balaban J connectivity index is 1.26. The Hall–Kier alpha value is -4.52. The first-order valence-electron chi connectivity index (χ1n) is 12.9. The number of nitrogens with one attached hydrogen (secondary N) is 3. The molecule has 42 heavy (non-hydrogen) atoms. The molecule has 3 aromatic rings. The van der Waals surface area contributed by atoms with E-state index in [2.05, 4.69) is 25.7 Å². The molecule has 0 unspecified atom stereocenters. The van der Waals surface area contributed by atoms with Gasteiger partial charge in [-0.15, -0.1) is 13.2 Å². The second-order valence-corrected chi connectivity index (χ2v) is 10.4. The Kier molecular flexibility index (Phi) is 9.73. The maximum atomic E-state index is 12.6. The summed E-state index contributed by atoms with van der Waals surface area (Å²) in [5.41, 5.74) is 3.39. The van der Waals surface area contributed by atoms with E-state index in [9.17, 15) is 27.6 Å². The van der Waals surface area contributed by atoms with E-state index in [1.54, 1.807) is 24.3 Å². The molecule has 220 valence electrons. The van der Waals surface area contributed by atoms with Gasteiger partial charge in [0.25, 0.3) is 0 Å². The molecule has 9 nitrogen and oxygen atoms in total. The SMILES string of the molecule is CC(C)c1ccccc1N1C(=O)CS/C1=N\C(=O)NCCc1ccc(NC(=O)Nc2ccc(OC(F)(F)F)cc2)cc1. The van der Waals surface area contributed by atoms with E-state index in [1.165, 1.54) is 28.8 Å². The van der Waals surface area contributed by atoms with Crippen LogP contribution in [0.25, 0.3) is 0 Å². The molecule has 0 aliphatic carbocycles. The van der Waals surface area contributed by atoms with Crippen LogP contribution in [-0.4, -0.2) is 41.8 Å². The van der Waals surface area contributed by atoms with Crippen LogP contribution in [0.15, 0.2) is 77.8 Å². The second-order valence-electron chi connectivity index (χ2n) is 9.46. The quantitative estimate of drug-likeness (QED) is 0.266. The minimum Gasteiger partial charge on any atom is -0.406 e. The number of alkyl halides is 3. The Bertz CT molecular complexity index is 1460. The first-order chi connectivity index (χ1) is 20.0. The zero-order valence-corrected chi connectivity index (χ0v) is 23.5. The zero-order valence-electron chi connectivity index (χ0n) is 22.7. The molecule has 1 heterocycles. The largest absolute Gasteiger partial charge is 0.573 e. The number of carbonyl (C=O) groups is 3. The number of amides is 5. The van der Waals surface area contributed by atoms with Gasteiger partial charge < -0.3 is 20.7 Å². The molecule has 1 aliphatic heterocycles. The van der Waals surface area contributed by atoms with Crippen molar-refractivity contribution in [1.82, 2.24) is 5.32 Å². The van der Waals surface area contributed by atoms with E-state index in [1.807, 2.05) is 38.1 Å². The third kappa shape index (κ3) is 8.49. The van der Waals surface area contributed by atoms with Gasteiger partial charge >= 0.3 is 18.4 Å². The predicted molar refractivity (Wildman–Crippen MR) is 157 cm³/mol. The molecular weight excluding hydrogens is 571 g/mol. The molecule has 3 aromatic carbocycles. The van der Waals surface area contributed by atoms with Gasteiger partial charge in [0.1, 0.15) is 5.75 Å². The highest BCUT2D eigenvalue weighted by atomic mass is 32.2. The first-order valence-corrected chi connectivity index (χ1v) is 13.9. The summed E-state index contributed by atoms with van der Waals surface area (Å²) >= 11 is 1.22. The van der Waals surface area contributed by atoms with Crippen molar-refractivity contribution in [1.29, 1.82) is 0 Å². The number of amidine groups is 1. The number of benzene rings is 3. The maximum Gasteiger partial charge on any atom is 0.573 e. The summed E-state index contributed by atoms with van der Waals surface area (Å²) in [6.07, 6.45) is -4.29. The van der Waals surface area contributed by atoms with E-state index in [0.717, 1.165) is 28.9 Å². The average molecular weight is 600 g/mol.